The van der Waals surface area contributed by atoms with Gasteiger partial charge in [0.1, 0.15) is 0 Å². The third-order valence-corrected chi connectivity index (χ3v) is 6.95. The van der Waals surface area contributed by atoms with E-state index in [0.29, 0.717) is 12.1 Å². The van der Waals surface area contributed by atoms with Gasteiger partial charge in [-0.3, -0.25) is 4.98 Å². The standard InChI is InChI=1S/C19H29BN2O3/c1-17(2)18(3,4)25-20(24-17)14-8-13(11-21-12-14)19(23)9-15-6-7-16(10-19)22(15)5/h8,11-12,15-16,23H,6-7,9-10H2,1-5H3. The highest BCUT2D eigenvalue weighted by Gasteiger charge is 2.52. The quantitative estimate of drug-likeness (QED) is 0.830. The van der Waals surface area contributed by atoms with Crippen LogP contribution in [0.15, 0.2) is 18.5 Å². The Labute approximate surface area is 150 Å². The molecular formula is C19H29BN2O3. The third kappa shape index (κ3) is 2.74. The van der Waals surface area contributed by atoms with Crippen molar-refractivity contribution in [1.82, 2.24) is 9.88 Å². The van der Waals surface area contributed by atoms with Gasteiger partial charge in [0.15, 0.2) is 0 Å². The molecule has 3 saturated heterocycles. The van der Waals surface area contributed by atoms with Crippen molar-refractivity contribution in [3.05, 3.63) is 24.0 Å². The molecule has 4 rings (SSSR count). The fourth-order valence-corrected chi connectivity index (χ4v) is 4.50. The van der Waals surface area contributed by atoms with Crippen LogP contribution in [-0.4, -0.2) is 52.4 Å². The van der Waals surface area contributed by atoms with E-state index in [2.05, 4.69) is 16.9 Å². The van der Waals surface area contributed by atoms with Gasteiger partial charge in [-0.15, -0.1) is 0 Å². The van der Waals surface area contributed by atoms with Crippen molar-refractivity contribution < 1.29 is 14.4 Å². The molecule has 136 valence electrons. The molecule has 2 bridgehead atoms. The summed E-state index contributed by atoms with van der Waals surface area (Å²) in [6.45, 7) is 8.19. The maximum absolute atomic E-state index is 11.4. The predicted octanol–water partition coefficient (Wildman–Crippen LogP) is 1.82. The second-order valence-corrected chi connectivity index (χ2v) is 9.09. The summed E-state index contributed by atoms with van der Waals surface area (Å²) < 4.78 is 12.3. The van der Waals surface area contributed by atoms with Crippen LogP contribution in [0.5, 0.6) is 0 Å². The van der Waals surface area contributed by atoms with Gasteiger partial charge in [0.2, 0.25) is 0 Å². The van der Waals surface area contributed by atoms with Crippen molar-refractivity contribution in [3.63, 3.8) is 0 Å². The first-order valence-electron chi connectivity index (χ1n) is 9.37. The molecule has 6 heteroatoms. The number of hydrogen-bond acceptors (Lipinski definition) is 5. The minimum absolute atomic E-state index is 0.378. The second kappa shape index (κ2) is 5.52. The number of piperidine rings is 1. The molecule has 0 spiro atoms. The van der Waals surface area contributed by atoms with Crippen LogP contribution in [0.25, 0.3) is 0 Å². The summed E-state index contributed by atoms with van der Waals surface area (Å²) in [5, 5.41) is 11.4. The smallest absolute Gasteiger partial charge is 0.399 e. The first kappa shape index (κ1) is 17.5. The number of nitrogens with zero attached hydrogens (tertiary/aromatic N) is 2. The van der Waals surface area contributed by atoms with Gasteiger partial charge in [0, 0.05) is 35.5 Å². The van der Waals surface area contributed by atoms with Gasteiger partial charge in [0.05, 0.1) is 16.8 Å². The summed E-state index contributed by atoms with van der Waals surface area (Å²) in [6.07, 6.45) is 7.49. The molecule has 0 aromatic carbocycles. The molecule has 25 heavy (non-hydrogen) atoms. The number of pyridine rings is 1. The molecular weight excluding hydrogens is 315 g/mol. The van der Waals surface area contributed by atoms with Crippen molar-refractivity contribution in [2.75, 3.05) is 7.05 Å². The van der Waals surface area contributed by atoms with E-state index in [1.807, 2.05) is 33.8 Å². The van der Waals surface area contributed by atoms with Crippen LogP contribution in [0.2, 0.25) is 0 Å². The fourth-order valence-electron chi connectivity index (χ4n) is 4.50. The van der Waals surface area contributed by atoms with E-state index < -0.39 is 12.7 Å². The van der Waals surface area contributed by atoms with Crippen molar-refractivity contribution in [1.29, 1.82) is 0 Å². The Morgan fingerprint density at radius 2 is 1.64 bits per heavy atom. The predicted molar refractivity (Wildman–Crippen MR) is 97.7 cm³/mol. The van der Waals surface area contributed by atoms with E-state index in [4.69, 9.17) is 9.31 Å². The molecule has 1 aromatic rings. The molecule has 0 amide bonds. The molecule has 0 saturated carbocycles. The number of aliphatic hydroxyl groups is 1. The van der Waals surface area contributed by atoms with Crippen LogP contribution < -0.4 is 5.46 Å². The van der Waals surface area contributed by atoms with Crippen LogP contribution in [0, 0.1) is 0 Å². The van der Waals surface area contributed by atoms with Crippen molar-refractivity contribution in [3.8, 4) is 0 Å². The van der Waals surface area contributed by atoms with Crippen LogP contribution >= 0.6 is 0 Å². The Kier molecular flexibility index (Phi) is 3.86. The number of rotatable bonds is 2. The monoisotopic (exact) mass is 344 g/mol. The van der Waals surface area contributed by atoms with Gasteiger partial charge in [-0.1, -0.05) is 6.07 Å². The highest BCUT2D eigenvalue weighted by molar-refractivity contribution is 6.62. The Morgan fingerprint density at radius 3 is 2.20 bits per heavy atom. The first-order chi connectivity index (χ1) is 11.6. The maximum atomic E-state index is 11.4. The van der Waals surface area contributed by atoms with Crippen LogP contribution in [0.1, 0.15) is 58.9 Å². The lowest BCUT2D eigenvalue weighted by Gasteiger charge is -2.42. The van der Waals surface area contributed by atoms with E-state index in [1.165, 1.54) is 12.8 Å². The highest BCUT2D eigenvalue weighted by atomic mass is 16.7. The van der Waals surface area contributed by atoms with Gasteiger partial charge in [-0.2, -0.15) is 0 Å². The molecule has 0 aliphatic carbocycles. The van der Waals surface area contributed by atoms with Gasteiger partial charge in [-0.05, 0) is 60.4 Å². The summed E-state index contributed by atoms with van der Waals surface area (Å²) in [7, 11) is 1.74. The van der Waals surface area contributed by atoms with E-state index in [1.54, 1.807) is 12.4 Å². The summed E-state index contributed by atoms with van der Waals surface area (Å²) in [4.78, 5) is 6.83. The molecule has 1 aromatic heterocycles. The van der Waals surface area contributed by atoms with Crippen molar-refractivity contribution in [2.45, 2.75) is 82.3 Å². The van der Waals surface area contributed by atoms with Crippen LogP contribution in [0.3, 0.4) is 0 Å². The van der Waals surface area contributed by atoms with Crippen molar-refractivity contribution in [2.24, 2.45) is 0 Å². The normalized spacial score (nSPS) is 36.8. The Morgan fingerprint density at radius 1 is 1.08 bits per heavy atom. The van der Waals surface area contributed by atoms with Crippen LogP contribution in [-0.2, 0) is 14.9 Å². The number of hydrogen-bond donors (Lipinski definition) is 1. The van der Waals surface area contributed by atoms with Crippen LogP contribution in [0.4, 0.5) is 0 Å². The highest BCUT2D eigenvalue weighted by Crippen LogP contribution is 2.44. The Balaban J connectivity index is 1.61. The van der Waals surface area contributed by atoms with E-state index >= 15 is 0 Å². The summed E-state index contributed by atoms with van der Waals surface area (Å²) in [6, 6.07) is 2.95. The molecule has 5 nitrogen and oxygen atoms in total. The number of aromatic nitrogens is 1. The lowest BCUT2D eigenvalue weighted by atomic mass is 9.75. The first-order valence-corrected chi connectivity index (χ1v) is 9.37. The Bertz CT molecular complexity index is 648. The molecule has 4 heterocycles. The third-order valence-electron chi connectivity index (χ3n) is 6.95. The molecule has 2 atom stereocenters. The molecule has 0 radical (unpaired) electrons. The largest absolute Gasteiger partial charge is 0.496 e. The lowest BCUT2D eigenvalue weighted by Crippen LogP contribution is -2.48. The second-order valence-electron chi connectivity index (χ2n) is 9.09. The minimum Gasteiger partial charge on any atom is -0.399 e. The zero-order chi connectivity index (χ0) is 18.0. The molecule has 3 aliphatic rings. The summed E-state index contributed by atoms with van der Waals surface area (Å²) >= 11 is 0. The molecule has 3 fully saturated rings. The zero-order valence-electron chi connectivity index (χ0n) is 16.0. The topological polar surface area (TPSA) is 54.8 Å². The van der Waals surface area contributed by atoms with Gasteiger partial charge < -0.3 is 19.3 Å². The van der Waals surface area contributed by atoms with E-state index in [9.17, 15) is 5.11 Å². The maximum Gasteiger partial charge on any atom is 0.496 e. The van der Waals surface area contributed by atoms with Gasteiger partial charge in [-0.25, -0.2) is 0 Å². The molecule has 1 N–H and O–H groups in total. The zero-order valence-corrected chi connectivity index (χ0v) is 16.0. The summed E-state index contributed by atoms with van der Waals surface area (Å²) in [5.41, 5.74) is 0.222. The van der Waals surface area contributed by atoms with E-state index in [0.717, 1.165) is 23.9 Å². The fraction of sp³-hybridized carbons (Fsp3) is 0.737. The molecule has 2 unspecified atom stereocenters. The van der Waals surface area contributed by atoms with Crippen molar-refractivity contribution >= 4 is 12.6 Å². The van der Waals surface area contributed by atoms with E-state index in [-0.39, 0.29) is 11.2 Å². The Hall–Kier alpha value is -0.945. The number of fused-ring (bicyclic) bond motifs is 2. The van der Waals surface area contributed by atoms with Gasteiger partial charge in [0.25, 0.3) is 0 Å². The SMILES string of the molecule is CN1C2CCC1CC(O)(c1cncc(B3OC(C)(C)C(C)(C)O3)c1)C2. The average Bonchev–Trinajstić information content (AvgIpc) is 2.88. The van der Waals surface area contributed by atoms with Gasteiger partial charge >= 0.3 is 7.12 Å². The average molecular weight is 344 g/mol. The lowest BCUT2D eigenvalue weighted by molar-refractivity contribution is -0.0494. The summed E-state index contributed by atoms with van der Waals surface area (Å²) in [5.74, 6) is 0. The minimum atomic E-state index is -0.801. The molecule has 3 aliphatic heterocycles.